The molecule has 4 heteroatoms. The maximum atomic E-state index is 5.80. The summed E-state index contributed by atoms with van der Waals surface area (Å²) in [6.45, 7) is 0. The zero-order valence-corrected chi connectivity index (χ0v) is 14.6. The Balaban J connectivity index is 1.54. The van der Waals surface area contributed by atoms with Gasteiger partial charge in [0.1, 0.15) is 0 Å². The minimum atomic E-state index is -0.184. The van der Waals surface area contributed by atoms with Crippen LogP contribution in [0.3, 0.4) is 0 Å². The van der Waals surface area contributed by atoms with E-state index in [9.17, 15) is 0 Å². The van der Waals surface area contributed by atoms with Crippen LogP contribution in [0.25, 0.3) is 0 Å². The summed E-state index contributed by atoms with van der Waals surface area (Å²) in [6, 6.07) is 11.2. The van der Waals surface area contributed by atoms with Crippen molar-refractivity contribution >= 4 is 6.21 Å². The summed E-state index contributed by atoms with van der Waals surface area (Å²) in [6.07, 6.45) is 14.6. The second kappa shape index (κ2) is 9.80. The largest absolute Gasteiger partial charge is 0.360 e. The molecule has 24 heavy (non-hydrogen) atoms. The molecule has 2 aliphatic rings. The monoisotopic (exact) mass is 329 g/mol. The molecule has 2 N–H and O–H groups in total. The second-order valence-electron chi connectivity index (χ2n) is 7.13. The van der Waals surface area contributed by atoms with Crippen molar-refractivity contribution in [1.82, 2.24) is 10.6 Å². The fourth-order valence-corrected chi connectivity index (χ4v) is 3.77. The first-order valence-electron chi connectivity index (χ1n) is 9.66. The summed E-state index contributed by atoms with van der Waals surface area (Å²) in [5.74, 6) is 0. The summed E-state index contributed by atoms with van der Waals surface area (Å²) >= 11 is 0. The standard InChI is InChI=1S/C20H31N3O/c1-4-10-17(11-5-1)16-21-24-20(22-18-12-6-2-7-13-18)23-19-14-8-3-9-15-19/h1,4-5,10-11,16,18-20,22-23H,2-3,6-9,12-15H2. The number of benzene rings is 1. The van der Waals surface area contributed by atoms with Crippen LogP contribution in [0.1, 0.15) is 69.8 Å². The minimum absolute atomic E-state index is 0.184. The number of rotatable bonds is 7. The van der Waals surface area contributed by atoms with E-state index in [1.165, 1.54) is 64.2 Å². The predicted molar refractivity (Wildman–Crippen MR) is 98.9 cm³/mol. The Hall–Kier alpha value is -1.39. The molecule has 0 heterocycles. The van der Waals surface area contributed by atoms with E-state index in [1.54, 1.807) is 6.21 Å². The third-order valence-electron chi connectivity index (χ3n) is 5.15. The molecule has 0 atom stereocenters. The fourth-order valence-electron chi connectivity index (χ4n) is 3.77. The lowest BCUT2D eigenvalue weighted by molar-refractivity contribution is -0.0116. The highest BCUT2D eigenvalue weighted by Gasteiger charge is 2.22. The number of hydrogen-bond acceptors (Lipinski definition) is 4. The average Bonchev–Trinajstić information content (AvgIpc) is 2.64. The molecule has 0 aromatic heterocycles. The predicted octanol–water partition coefficient (Wildman–Crippen LogP) is 4.17. The van der Waals surface area contributed by atoms with Crippen molar-refractivity contribution in [1.29, 1.82) is 0 Å². The van der Waals surface area contributed by atoms with Crippen LogP contribution in [0, 0.1) is 0 Å². The fraction of sp³-hybridized carbons (Fsp3) is 0.650. The van der Waals surface area contributed by atoms with Crippen molar-refractivity contribution < 1.29 is 4.84 Å². The first kappa shape index (κ1) is 17.4. The molecular weight excluding hydrogens is 298 g/mol. The summed E-state index contributed by atoms with van der Waals surface area (Å²) in [7, 11) is 0. The Kier molecular flexibility index (Phi) is 7.12. The first-order valence-corrected chi connectivity index (χ1v) is 9.66. The Morgan fingerprint density at radius 1 is 0.833 bits per heavy atom. The van der Waals surface area contributed by atoms with E-state index in [-0.39, 0.29) is 6.35 Å². The zero-order valence-electron chi connectivity index (χ0n) is 14.6. The second-order valence-corrected chi connectivity index (χ2v) is 7.13. The van der Waals surface area contributed by atoms with Gasteiger partial charge in [-0.05, 0) is 31.2 Å². The van der Waals surface area contributed by atoms with Crippen LogP contribution in [0.5, 0.6) is 0 Å². The lowest BCUT2D eigenvalue weighted by Crippen LogP contribution is -2.52. The van der Waals surface area contributed by atoms with Crippen LogP contribution < -0.4 is 10.6 Å². The zero-order chi connectivity index (χ0) is 16.5. The molecule has 3 rings (SSSR count). The molecule has 0 saturated heterocycles. The molecule has 1 aromatic carbocycles. The van der Waals surface area contributed by atoms with Gasteiger partial charge in [-0.3, -0.25) is 10.6 Å². The van der Waals surface area contributed by atoms with Crippen LogP contribution in [0.15, 0.2) is 35.5 Å². The molecule has 0 radical (unpaired) electrons. The molecule has 0 bridgehead atoms. The quantitative estimate of drug-likeness (QED) is 0.448. The highest BCUT2D eigenvalue weighted by molar-refractivity contribution is 5.78. The molecule has 2 aliphatic carbocycles. The van der Waals surface area contributed by atoms with Gasteiger partial charge in [0.05, 0.1) is 6.21 Å². The van der Waals surface area contributed by atoms with Gasteiger partial charge >= 0.3 is 0 Å². The Bertz CT molecular complexity index is 459. The third-order valence-corrected chi connectivity index (χ3v) is 5.15. The Morgan fingerprint density at radius 3 is 1.92 bits per heavy atom. The van der Waals surface area contributed by atoms with Gasteiger partial charge in [0, 0.05) is 12.1 Å². The average molecular weight is 329 g/mol. The van der Waals surface area contributed by atoms with Gasteiger partial charge in [-0.2, -0.15) is 0 Å². The van der Waals surface area contributed by atoms with Gasteiger partial charge in [0.2, 0.25) is 6.35 Å². The van der Waals surface area contributed by atoms with Crippen LogP contribution in [-0.4, -0.2) is 24.7 Å². The lowest BCUT2D eigenvalue weighted by Gasteiger charge is -2.31. The van der Waals surface area contributed by atoms with Crippen molar-refractivity contribution in [2.24, 2.45) is 5.16 Å². The topological polar surface area (TPSA) is 45.6 Å². The van der Waals surface area contributed by atoms with Crippen molar-refractivity contribution in [3.05, 3.63) is 35.9 Å². The third kappa shape index (κ3) is 5.91. The van der Waals surface area contributed by atoms with Gasteiger partial charge in [0.25, 0.3) is 0 Å². The summed E-state index contributed by atoms with van der Waals surface area (Å²) in [4.78, 5) is 5.80. The van der Waals surface area contributed by atoms with Crippen molar-refractivity contribution in [3.63, 3.8) is 0 Å². The van der Waals surface area contributed by atoms with Gasteiger partial charge in [-0.15, -0.1) is 0 Å². The van der Waals surface area contributed by atoms with Crippen LogP contribution in [0.4, 0.5) is 0 Å². The van der Waals surface area contributed by atoms with Crippen molar-refractivity contribution in [3.8, 4) is 0 Å². The van der Waals surface area contributed by atoms with Crippen LogP contribution in [0.2, 0.25) is 0 Å². The molecule has 132 valence electrons. The number of oxime groups is 1. The summed E-state index contributed by atoms with van der Waals surface area (Å²) in [5, 5.41) is 11.5. The highest BCUT2D eigenvalue weighted by atomic mass is 16.7. The molecule has 2 fully saturated rings. The lowest BCUT2D eigenvalue weighted by atomic mass is 9.95. The van der Waals surface area contributed by atoms with Crippen molar-refractivity contribution in [2.75, 3.05) is 0 Å². The summed E-state index contributed by atoms with van der Waals surface area (Å²) in [5.41, 5.74) is 1.06. The Labute approximate surface area is 146 Å². The van der Waals surface area contributed by atoms with E-state index >= 15 is 0 Å². The van der Waals surface area contributed by atoms with Crippen LogP contribution in [-0.2, 0) is 4.84 Å². The molecule has 0 aliphatic heterocycles. The van der Waals surface area contributed by atoms with E-state index in [0.29, 0.717) is 12.1 Å². The van der Waals surface area contributed by atoms with Gasteiger partial charge in [-0.1, -0.05) is 74.0 Å². The molecular formula is C20H31N3O. The van der Waals surface area contributed by atoms with E-state index in [4.69, 9.17) is 4.84 Å². The van der Waals surface area contributed by atoms with Gasteiger partial charge < -0.3 is 4.84 Å². The van der Waals surface area contributed by atoms with Crippen LogP contribution >= 0.6 is 0 Å². The van der Waals surface area contributed by atoms with Gasteiger partial charge in [0.15, 0.2) is 0 Å². The number of nitrogens with zero attached hydrogens (tertiary/aromatic N) is 1. The normalized spacial score (nSPS) is 20.7. The summed E-state index contributed by atoms with van der Waals surface area (Å²) < 4.78 is 0. The van der Waals surface area contributed by atoms with E-state index < -0.39 is 0 Å². The maximum absolute atomic E-state index is 5.80. The molecule has 0 unspecified atom stereocenters. The van der Waals surface area contributed by atoms with Gasteiger partial charge in [-0.25, -0.2) is 0 Å². The SMILES string of the molecule is C(=NOC(NC1CCCCC1)NC1CCCCC1)c1ccccc1. The molecule has 2 saturated carbocycles. The maximum Gasteiger partial charge on any atom is 0.233 e. The number of hydrogen-bond donors (Lipinski definition) is 2. The smallest absolute Gasteiger partial charge is 0.233 e. The number of nitrogens with one attached hydrogen (secondary N) is 2. The van der Waals surface area contributed by atoms with E-state index in [1.807, 2.05) is 30.3 Å². The van der Waals surface area contributed by atoms with E-state index in [2.05, 4.69) is 15.8 Å². The molecule has 0 spiro atoms. The van der Waals surface area contributed by atoms with Crippen molar-refractivity contribution in [2.45, 2.75) is 82.6 Å². The molecule has 4 nitrogen and oxygen atoms in total. The highest BCUT2D eigenvalue weighted by Crippen LogP contribution is 2.20. The first-order chi connectivity index (χ1) is 11.9. The Morgan fingerprint density at radius 2 is 1.38 bits per heavy atom. The minimum Gasteiger partial charge on any atom is -0.360 e. The van der Waals surface area contributed by atoms with E-state index in [0.717, 1.165) is 5.56 Å². The molecule has 1 aromatic rings. The molecule has 0 amide bonds.